The molecule has 1 fully saturated rings. The molecule has 0 atom stereocenters. The average Bonchev–Trinajstić information content (AvgIpc) is 3.48. The highest BCUT2D eigenvalue weighted by atomic mass is 35.5. The molecule has 0 N–H and O–H groups in total. The van der Waals surface area contributed by atoms with Gasteiger partial charge in [0.2, 0.25) is 5.76 Å². The zero-order chi connectivity index (χ0) is 27.2. The monoisotopic (exact) mass is 552 g/mol. The van der Waals surface area contributed by atoms with Crippen LogP contribution in [-0.4, -0.2) is 35.7 Å². The Balaban J connectivity index is 1.54. The molecule has 0 radical (unpaired) electrons. The standard InChI is InChI=1S/C27H21ClN2O7S/c1-3-35-22-11-16(10-20(28)24(22)36-15-18-7-5-4-6-17(18)13-29)12-23-25(31)30(27(33)38-23)14-19-8-9-21(37-19)26(32)34-2/h4-12H,3,14-15H2,1-2H3/b23-12+. The van der Waals surface area contributed by atoms with Crippen molar-refractivity contribution < 1.29 is 33.0 Å². The Kier molecular flexibility index (Phi) is 8.41. The number of hydrogen-bond acceptors (Lipinski definition) is 9. The highest BCUT2D eigenvalue weighted by Gasteiger charge is 2.36. The number of esters is 1. The van der Waals surface area contributed by atoms with Crippen LogP contribution in [0.25, 0.3) is 6.08 Å². The Morgan fingerprint density at radius 2 is 1.97 bits per heavy atom. The first-order valence-electron chi connectivity index (χ1n) is 11.3. The van der Waals surface area contributed by atoms with Gasteiger partial charge in [-0.25, -0.2) is 4.79 Å². The number of imide groups is 1. The van der Waals surface area contributed by atoms with Crippen LogP contribution in [0.1, 0.15) is 39.9 Å². The molecule has 2 amide bonds. The molecule has 1 aromatic heterocycles. The number of carbonyl (C=O) groups is 3. The first-order valence-corrected chi connectivity index (χ1v) is 12.5. The lowest BCUT2D eigenvalue weighted by Crippen LogP contribution is -2.27. The highest BCUT2D eigenvalue weighted by molar-refractivity contribution is 8.18. The van der Waals surface area contributed by atoms with Crippen molar-refractivity contribution in [2.45, 2.75) is 20.1 Å². The maximum absolute atomic E-state index is 13.0. The normalized spacial score (nSPS) is 14.1. The maximum Gasteiger partial charge on any atom is 0.373 e. The molecule has 194 valence electrons. The van der Waals surface area contributed by atoms with Gasteiger partial charge >= 0.3 is 5.97 Å². The SMILES string of the molecule is CCOc1cc(/C=C2/SC(=O)N(Cc3ccc(C(=O)OC)o3)C2=O)cc(Cl)c1OCc1ccccc1C#N. The number of amides is 2. The molecule has 3 aromatic rings. The lowest BCUT2D eigenvalue weighted by molar-refractivity contribution is -0.123. The number of ether oxygens (including phenoxy) is 3. The van der Waals surface area contributed by atoms with Crippen molar-refractivity contribution in [1.82, 2.24) is 4.90 Å². The van der Waals surface area contributed by atoms with E-state index in [1.807, 2.05) is 6.07 Å². The van der Waals surface area contributed by atoms with Gasteiger partial charge in [0.1, 0.15) is 12.4 Å². The van der Waals surface area contributed by atoms with E-state index in [-0.39, 0.29) is 34.6 Å². The van der Waals surface area contributed by atoms with Crippen LogP contribution in [-0.2, 0) is 22.7 Å². The fraction of sp³-hybridized carbons (Fsp3) is 0.185. The van der Waals surface area contributed by atoms with Crippen LogP contribution in [0.5, 0.6) is 11.5 Å². The van der Waals surface area contributed by atoms with Crippen molar-refractivity contribution in [1.29, 1.82) is 5.26 Å². The lowest BCUT2D eigenvalue weighted by Gasteiger charge is -2.15. The third-order valence-corrected chi connectivity index (χ3v) is 6.56. The van der Waals surface area contributed by atoms with Gasteiger partial charge in [0.05, 0.1) is 41.8 Å². The zero-order valence-electron chi connectivity index (χ0n) is 20.4. The van der Waals surface area contributed by atoms with Gasteiger partial charge in [-0.15, -0.1) is 0 Å². The molecule has 2 aromatic carbocycles. The first kappa shape index (κ1) is 26.9. The second kappa shape index (κ2) is 11.9. The van der Waals surface area contributed by atoms with Crippen LogP contribution in [0.3, 0.4) is 0 Å². The van der Waals surface area contributed by atoms with Crippen LogP contribution in [0, 0.1) is 11.3 Å². The van der Waals surface area contributed by atoms with Crippen molar-refractivity contribution in [3.05, 3.63) is 86.7 Å². The van der Waals surface area contributed by atoms with Crippen LogP contribution in [0.15, 0.2) is 57.9 Å². The number of thioether (sulfide) groups is 1. The summed E-state index contributed by atoms with van der Waals surface area (Å²) in [6, 6.07) is 15.4. The molecule has 1 saturated heterocycles. The van der Waals surface area contributed by atoms with E-state index in [1.54, 1.807) is 37.3 Å². The number of rotatable bonds is 9. The van der Waals surface area contributed by atoms with Crippen LogP contribution in [0.4, 0.5) is 4.79 Å². The molecule has 0 aliphatic carbocycles. The minimum absolute atomic E-state index is 0.0264. The molecule has 0 saturated carbocycles. The van der Waals surface area contributed by atoms with E-state index in [0.717, 1.165) is 16.7 Å². The number of halogens is 1. The number of hydrogen-bond donors (Lipinski definition) is 0. The summed E-state index contributed by atoms with van der Waals surface area (Å²) in [5, 5.41) is 9.07. The van der Waals surface area contributed by atoms with Gasteiger partial charge < -0.3 is 18.6 Å². The van der Waals surface area contributed by atoms with Gasteiger partial charge in [-0.2, -0.15) is 5.26 Å². The van der Waals surface area contributed by atoms with Crippen LogP contribution < -0.4 is 9.47 Å². The molecule has 38 heavy (non-hydrogen) atoms. The van der Waals surface area contributed by atoms with Crippen molar-refractivity contribution >= 4 is 46.6 Å². The summed E-state index contributed by atoms with van der Waals surface area (Å²) in [5.41, 5.74) is 1.71. The smallest absolute Gasteiger partial charge is 0.373 e. The molecule has 1 aliphatic rings. The molecule has 4 rings (SSSR count). The Morgan fingerprint density at radius 1 is 1.18 bits per heavy atom. The number of benzene rings is 2. The first-order chi connectivity index (χ1) is 18.3. The Labute approximate surface area is 227 Å². The van der Waals surface area contributed by atoms with Gasteiger partial charge in [-0.05, 0) is 60.7 Å². The van der Waals surface area contributed by atoms with E-state index in [1.165, 1.54) is 25.3 Å². The Bertz CT molecular complexity index is 1470. The predicted octanol–water partition coefficient (Wildman–Crippen LogP) is 5.81. The zero-order valence-corrected chi connectivity index (χ0v) is 21.9. The third-order valence-electron chi connectivity index (χ3n) is 5.38. The topological polar surface area (TPSA) is 119 Å². The van der Waals surface area contributed by atoms with Crippen LogP contribution in [0.2, 0.25) is 5.02 Å². The fourth-order valence-corrected chi connectivity index (χ4v) is 4.71. The summed E-state index contributed by atoms with van der Waals surface area (Å²) in [6.07, 6.45) is 1.54. The average molecular weight is 553 g/mol. The molecule has 0 unspecified atom stereocenters. The van der Waals surface area contributed by atoms with Gasteiger partial charge in [-0.3, -0.25) is 14.5 Å². The van der Waals surface area contributed by atoms with Crippen LogP contribution >= 0.6 is 23.4 Å². The van der Waals surface area contributed by atoms with Gasteiger partial charge in [0, 0.05) is 5.56 Å². The number of nitriles is 1. The number of nitrogens with zero attached hydrogens (tertiary/aromatic N) is 2. The highest BCUT2D eigenvalue weighted by Crippen LogP contribution is 2.40. The molecule has 11 heteroatoms. The molecule has 0 bridgehead atoms. The van der Waals surface area contributed by atoms with E-state index in [2.05, 4.69) is 10.8 Å². The summed E-state index contributed by atoms with van der Waals surface area (Å²) < 4.78 is 21.6. The Hall–Kier alpha value is -4.20. The van der Waals surface area contributed by atoms with E-state index in [4.69, 9.17) is 25.5 Å². The van der Waals surface area contributed by atoms with E-state index < -0.39 is 17.1 Å². The third kappa shape index (κ3) is 5.85. The lowest BCUT2D eigenvalue weighted by atomic mass is 10.1. The predicted molar refractivity (Wildman–Crippen MR) is 140 cm³/mol. The van der Waals surface area contributed by atoms with Gasteiger partial charge in [0.15, 0.2) is 11.5 Å². The Morgan fingerprint density at radius 3 is 2.71 bits per heavy atom. The second-order valence-electron chi connectivity index (χ2n) is 7.85. The van der Waals surface area contributed by atoms with Crippen molar-refractivity contribution in [2.24, 2.45) is 0 Å². The molecule has 9 nitrogen and oxygen atoms in total. The van der Waals surface area contributed by atoms with Crippen molar-refractivity contribution in [3.63, 3.8) is 0 Å². The summed E-state index contributed by atoms with van der Waals surface area (Å²) in [5.74, 6) is -0.291. The molecule has 0 spiro atoms. The largest absolute Gasteiger partial charge is 0.490 e. The minimum atomic E-state index is -0.658. The fourth-order valence-electron chi connectivity index (χ4n) is 3.60. The quantitative estimate of drug-likeness (QED) is 0.239. The molecule has 2 heterocycles. The van der Waals surface area contributed by atoms with E-state index in [0.29, 0.717) is 34.8 Å². The van der Waals surface area contributed by atoms with E-state index >= 15 is 0 Å². The van der Waals surface area contributed by atoms with Crippen molar-refractivity contribution in [3.8, 4) is 17.6 Å². The van der Waals surface area contributed by atoms with Gasteiger partial charge in [0.25, 0.3) is 11.1 Å². The van der Waals surface area contributed by atoms with E-state index in [9.17, 15) is 19.6 Å². The maximum atomic E-state index is 13.0. The number of furan rings is 1. The summed E-state index contributed by atoms with van der Waals surface area (Å²) >= 11 is 7.29. The summed E-state index contributed by atoms with van der Waals surface area (Å²) in [6.45, 7) is 2.10. The number of carbonyl (C=O) groups excluding carboxylic acids is 3. The molecular formula is C27H21ClN2O7S. The molecule has 1 aliphatic heterocycles. The summed E-state index contributed by atoms with van der Waals surface area (Å²) in [7, 11) is 1.22. The second-order valence-corrected chi connectivity index (χ2v) is 9.25. The minimum Gasteiger partial charge on any atom is -0.490 e. The summed E-state index contributed by atoms with van der Waals surface area (Å²) in [4.78, 5) is 38.3. The van der Waals surface area contributed by atoms with Crippen molar-refractivity contribution in [2.75, 3.05) is 13.7 Å². The molecular weight excluding hydrogens is 532 g/mol. The van der Waals surface area contributed by atoms with Gasteiger partial charge in [-0.1, -0.05) is 29.8 Å². The number of methoxy groups -OCH3 is 1.